The SMILES string of the molecule is CC(C)(SC(=O)OCOC(=O)C1CCCCC1)[C@@H](N)C(=O)O. The lowest BCUT2D eigenvalue weighted by molar-refractivity contribution is -0.157. The van der Waals surface area contributed by atoms with Crippen molar-refractivity contribution in [2.75, 3.05) is 6.79 Å². The molecule has 0 amide bonds. The highest BCUT2D eigenvalue weighted by atomic mass is 32.2. The Hall–Kier alpha value is -1.28. The van der Waals surface area contributed by atoms with Gasteiger partial charge in [-0.05, 0) is 38.5 Å². The second-order valence-electron chi connectivity index (χ2n) is 5.83. The summed E-state index contributed by atoms with van der Waals surface area (Å²) >= 11 is 0.667. The monoisotopic (exact) mass is 333 g/mol. The Balaban J connectivity index is 2.30. The van der Waals surface area contributed by atoms with Crippen LogP contribution in [0.4, 0.5) is 4.79 Å². The van der Waals surface area contributed by atoms with Crippen molar-refractivity contribution in [1.82, 2.24) is 0 Å². The Labute approximate surface area is 133 Å². The van der Waals surface area contributed by atoms with Gasteiger partial charge in [-0.1, -0.05) is 19.3 Å². The van der Waals surface area contributed by atoms with Gasteiger partial charge in [0, 0.05) is 4.75 Å². The van der Waals surface area contributed by atoms with Crippen molar-refractivity contribution in [2.24, 2.45) is 11.7 Å². The third-order valence-electron chi connectivity index (χ3n) is 3.68. The molecule has 8 heteroatoms. The van der Waals surface area contributed by atoms with Gasteiger partial charge in [0.2, 0.25) is 6.79 Å². The number of carboxylic acids is 1. The van der Waals surface area contributed by atoms with Crippen molar-refractivity contribution in [3.05, 3.63) is 0 Å². The third kappa shape index (κ3) is 5.84. The van der Waals surface area contributed by atoms with E-state index in [1.807, 2.05) is 0 Å². The van der Waals surface area contributed by atoms with Crippen molar-refractivity contribution in [2.45, 2.75) is 56.7 Å². The fourth-order valence-corrected chi connectivity index (χ4v) is 2.96. The minimum Gasteiger partial charge on any atom is -0.480 e. The highest BCUT2D eigenvalue weighted by molar-refractivity contribution is 8.14. The Morgan fingerprint density at radius 1 is 1.23 bits per heavy atom. The molecule has 0 aromatic carbocycles. The van der Waals surface area contributed by atoms with Gasteiger partial charge in [0.15, 0.2) is 0 Å². The number of thioether (sulfide) groups is 1. The van der Waals surface area contributed by atoms with Crippen LogP contribution in [0.15, 0.2) is 0 Å². The summed E-state index contributed by atoms with van der Waals surface area (Å²) in [5.74, 6) is -1.66. The summed E-state index contributed by atoms with van der Waals surface area (Å²) in [6.45, 7) is 2.61. The molecule has 0 bridgehead atoms. The molecule has 1 fully saturated rings. The van der Waals surface area contributed by atoms with E-state index in [1.165, 1.54) is 13.8 Å². The molecular weight excluding hydrogens is 310 g/mol. The molecule has 0 spiro atoms. The fourth-order valence-electron chi connectivity index (χ4n) is 2.20. The molecule has 1 aliphatic carbocycles. The molecule has 0 aromatic rings. The second-order valence-corrected chi connectivity index (χ2v) is 7.42. The molecule has 7 nitrogen and oxygen atoms in total. The van der Waals surface area contributed by atoms with Gasteiger partial charge >= 0.3 is 17.2 Å². The number of aliphatic carboxylic acids is 1. The molecule has 0 aromatic heterocycles. The highest BCUT2D eigenvalue weighted by Gasteiger charge is 2.36. The van der Waals surface area contributed by atoms with Crippen molar-refractivity contribution >= 4 is 29.0 Å². The van der Waals surface area contributed by atoms with E-state index in [9.17, 15) is 14.4 Å². The first kappa shape index (κ1) is 18.8. The summed E-state index contributed by atoms with van der Waals surface area (Å²) in [6, 6.07) is -1.21. The highest BCUT2D eigenvalue weighted by Crippen LogP contribution is 2.29. The van der Waals surface area contributed by atoms with Crippen LogP contribution in [0, 0.1) is 5.92 Å². The summed E-state index contributed by atoms with van der Waals surface area (Å²) in [5.41, 5.74) is 5.50. The van der Waals surface area contributed by atoms with Crippen LogP contribution in [0.1, 0.15) is 46.0 Å². The maximum absolute atomic E-state index is 11.7. The molecule has 3 N–H and O–H groups in total. The molecule has 1 atom stereocenters. The molecule has 1 aliphatic rings. The van der Waals surface area contributed by atoms with Gasteiger partial charge in [-0.25, -0.2) is 4.79 Å². The summed E-state index contributed by atoms with van der Waals surface area (Å²) in [6.07, 6.45) is 4.77. The number of carboxylic acid groups (broad SMARTS) is 1. The molecule has 1 rings (SSSR count). The molecule has 0 aliphatic heterocycles. The zero-order valence-electron chi connectivity index (χ0n) is 12.9. The average Bonchev–Trinajstić information content (AvgIpc) is 2.46. The smallest absolute Gasteiger partial charge is 0.370 e. The number of carbonyl (C=O) groups excluding carboxylic acids is 2. The number of carbonyl (C=O) groups is 3. The van der Waals surface area contributed by atoms with E-state index in [2.05, 4.69) is 0 Å². The van der Waals surface area contributed by atoms with E-state index in [4.69, 9.17) is 20.3 Å². The average molecular weight is 333 g/mol. The van der Waals surface area contributed by atoms with E-state index in [0.29, 0.717) is 11.8 Å². The minimum atomic E-state index is -1.21. The van der Waals surface area contributed by atoms with Crippen LogP contribution in [-0.2, 0) is 19.1 Å². The van der Waals surface area contributed by atoms with Crippen molar-refractivity contribution in [3.63, 3.8) is 0 Å². The normalized spacial score (nSPS) is 17.6. The molecule has 126 valence electrons. The number of hydrogen-bond acceptors (Lipinski definition) is 7. The Bertz CT molecular complexity index is 420. The lowest BCUT2D eigenvalue weighted by Gasteiger charge is -2.26. The zero-order valence-corrected chi connectivity index (χ0v) is 13.7. The fraction of sp³-hybridized carbons (Fsp3) is 0.786. The maximum Gasteiger partial charge on any atom is 0.370 e. The van der Waals surface area contributed by atoms with E-state index < -0.39 is 28.9 Å². The largest absolute Gasteiger partial charge is 0.480 e. The summed E-state index contributed by atoms with van der Waals surface area (Å²) in [7, 11) is 0. The first-order chi connectivity index (χ1) is 10.2. The van der Waals surface area contributed by atoms with E-state index in [-0.39, 0.29) is 11.9 Å². The molecule has 22 heavy (non-hydrogen) atoms. The van der Waals surface area contributed by atoms with Gasteiger partial charge in [0.05, 0.1) is 5.92 Å². The number of ether oxygens (including phenoxy) is 2. The standard InChI is InChI=1S/C14H23NO6S/c1-14(2,10(15)11(16)17)22-13(19)21-8-20-12(18)9-6-4-3-5-7-9/h9-10H,3-8,15H2,1-2H3,(H,16,17)/t10-/m0/s1. The predicted molar refractivity (Wildman–Crippen MR) is 81.3 cm³/mol. The lowest BCUT2D eigenvalue weighted by atomic mass is 9.89. The van der Waals surface area contributed by atoms with Gasteiger partial charge in [-0.2, -0.15) is 0 Å². The number of nitrogens with two attached hydrogens (primary N) is 1. The molecule has 0 unspecified atom stereocenters. The Morgan fingerprint density at radius 2 is 1.82 bits per heavy atom. The first-order valence-corrected chi connectivity index (χ1v) is 8.06. The molecular formula is C14H23NO6S. The maximum atomic E-state index is 11.7. The predicted octanol–water partition coefficient (Wildman–Crippen LogP) is 2.13. The van der Waals surface area contributed by atoms with Crippen molar-refractivity contribution in [1.29, 1.82) is 0 Å². The minimum absolute atomic E-state index is 0.114. The van der Waals surface area contributed by atoms with Gasteiger partial charge in [0.1, 0.15) is 6.04 Å². The van der Waals surface area contributed by atoms with Crippen LogP contribution in [0.2, 0.25) is 0 Å². The van der Waals surface area contributed by atoms with Crippen molar-refractivity contribution < 1.29 is 29.0 Å². The third-order valence-corrected chi connectivity index (χ3v) is 4.74. The molecule has 0 saturated heterocycles. The topological polar surface area (TPSA) is 116 Å². The van der Waals surface area contributed by atoms with Crippen LogP contribution in [-0.4, -0.2) is 39.9 Å². The summed E-state index contributed by atoms with van der Waals surface area (Å²) < 4.78 is 8.70. The van der Waals surface area contributed by atoms with Crippen molar-refractivity contribution in [3.8, 4) is 0 Å². The van der Waals surface area contributed by atoms with Gasteiger partial charge in [0.25, 0.3) is 0 Å². The number of hydrogen-bond donors (Lipinski definition) is 2. The molecule has 0 radical (unpaired) electrons. The molecule has 1 saturated carbocycles. The number of esters is 1. The van der Waals surface area contributed by atoms with Crippen LogP contribution >= 0.6 is 11.8 Å². The van der Waals surface area contributed by atoms with Crippen LogP contribution in [0.5, 0.6) is 0 Å². The van der Waals surface area contributed by atoms with Crippen LogP contribution in [0.25, 0.3) is 0 Å². The number of rotatable bonds is 6. The van der Waals surface area contributed by atoms with E-state index in [1.54, 1.807) is 0 Å². The summed E-state index contributed by atoms with van der Waals surface area (Å²) in [5, 5.41) is 8.14. The van der Waals surface area contributed by atoms with Gasteiger partial charge in [-0.15, -0.1) is 0 Å². The molecule has 0 heterocycles. The quantitative estimate of drug-likeness (QED) is 0.561. The first-order valence-electron chi connectivity index (χ1n) is 7.25. The van der Waals surface area contributed by atoms with Gasteiger partial charge < -0.3 is 20.3 Å². The van der Waals surface area contributed by atoms with Crippen LogP contribution < -0.4 is 5.73 Å². The lowest BCUT2D eigenvalue weighted by Crippen LogP contribution is -2.47. The summed E-state index contributed by atoms with van der Waals surface area (Å²) in [4.78, 5) is 34.2. The van der Waals surface area contributed by atoms with E-state index >= 15 is 0 Å². The Morgan fingerprint density at radius 3 is 2.36 bits per heavy atom. The van der Waals surface area contributed by atoms with Gasteiger partial charge in [-0.3, -0.25) is 9.59 Å². The second kappa shape index (κ2) is 8.38. The zero-order chi connectivity index (χ0) is 16.8. The Kier molecular flexibility index (Phi) is 7.15. The van der Waals surface area contributed by atoms with Crippen LogP contribution in [0.3, 0.4) is 0 Å². The van der Waals surface area contributed by atoms with E-state index in [0.717, 1.165) is 32.1 Å².